The Morgan fingerprint density at radius 1 is 0.411 bits per heavy atom. The van der Waals surface area contributed by atoms with Gasteiger partial charge < -0.3 is 20.9 Å². The van der Waals surface area contributed by atoms with Crippen molar-refractivity contribution in [3.05, 3.63) is 155 Å². The van der Waals surface area contributed by atoms with Gasteiger partial charge in [-0.2, -0.15) is 0 Å². The molecule has 12 nitrogen and oxygen atoms in total. The number of carbonyl (C=O) groups excluding carboxylic acids is 6. The van der Waals surface area contributed by atoms with Crippen molar-refractivity contribution in [3.63, 3.8) is 0 Å². The minimum Gasteiger partial charge on any atom is -0.465 e. The van der Waals surface area contributed by atoms with Crippen LogP contribution >= 0.6 is 0 Å². The lowest BCUT2D eigenvalue weighted by atomic mass is 9.98. The van der Waals surface area contributed by atoms with Crippen molar-refractivity contribution < 1.29 is 38.2 Å². The van der Waals surface area contributed by atoms with E-state index in [0.717, 1.165) is 20.9 Å². The van der Waals surface area contributed by atoms with Crippen molar-refractivity contribution in [1.82, 2.24) is 0 Å². The van der Waals surface area contributed by atoms with Crippen LogP contribution in [0.5, 0.6) is 0 Å². The maximum Gasteiger partial charge on any atom is 0.340 e. The van der Waals surface area contributed by atoms with Crippen molar-refractivity contribution in [1.29, 1.82) is 0 Å². The second kappa shape index (κ2) is 13.5. The number of fused-ring (bicyclic) bond motifs is 2. The molecule has 0 atom stereocenters. The molecule has 0 aromatic heterocycles. The fourth-order valence-electron chi connectivity index (χ4n) is 7.00. The first-order chi connectivity index (χ1) is 27.0. The molecule has 0 fully saturated rings. The fourth-order valence-corrected chi connectivity index (χ4v) is 7.00. The molecule has 4 N–H and O–H groups in total. The minimum absolute atomic E-state index is 0.00462. The van der Waals surface area contributed by atoms with Crippen LogP contribution in [0.1, 0.15) is 62.1 Å². The van der Waals surface area contributed by atoms with Crippen LogP contribution in [-0.2, 0) is 9.47 Å². The van der Waals surface area contributed by atoms with E-state index in [1.807, 2.05) is 0 Å². The molecule has 2 heterocycles. The van der Waals surface area contributed by atoms with Crippen molar-refractivity contribution >= 4 is 58.3 Å². The Labute approximate surface area is 319 Å². The predicted molar refractivity (Wildman–Crippen MR) is 209 cm³/mol. The molecule has 4 amide bonds. The number of hydrogen-bond acceptors (Lipinski definition) is 10. The number of carbonyl (C=O) groups is 6. The van der Waals surface area contributed by atoms with Crippen LogP contribution in [0.3, 0.4) is 0 Å². The summed E-state index contributed by atoms with van der Waals surface area (Å²) in [6.45, 7) is 0. The number of anilines is 4. The molecule has 0 saturated carbocycles. The van der Waals surface area contributed by atoms with Crippen molar-refractivity contribution in [2.24, 2.45) is 0 Å². The molecule has 2 aliphatic heterocycles. The summed E-state index contributed by atoms with van der Waals surface area (Å²) in [4.78, 5) is 83.4. The first-order valence-electron chi connectivity index (χ1n) is 17.2. The molecular weight excluding hydrogens is 713 g/mol. The van der Waals surface area contributed by atoms with Gasteiger partial charge in [0.2, 0.25) is 0 Å². The van der Waals surface area contributed by atoms with Crippen LogP contribution in [0, 0.1) is 0 Å². The Bertz CT molecular complexity index is 2520. The Morgan fingerprint density at radius 2 is 0.714 bits per heavy atom. The molecule has 0 aliphatic carbocycles. The number of nitrogens with zero attached hydrogens (tertiary/aromatic N) is 2. The second-order valence-electron chi connectivity index (χ2n) is 13.1. The van der Waals surface area contributed by atoms with Gasteiger partial charge in [-0.25, -0.2) is 19.4 Å². The Kier molecular flexibility index (Phi) is 8.50. The molecule has 274 valence electrons. The number of amides is 4. The predicted octanol–water partition coefficient (Wildman–Crippen LogP) is 7.03. The van der Waals surface area contributed by atoms with Gasteiger partial charge in [0.15, 0.2) is 0 Å². The highest BCUT2D eigenvalue weighted by molar-refractivity contribution is 6.36. The molecule has 12 heteroatoms. The molecule has 0 bridgehead atoms. The van der Waals surface area contributed by atoms with Gasteiger partial charge in [-0.1, -0.05) is 48.5 Å². The highest BCUT2D eigenvalue weighted by Gasteiger charge is 2.40. The third-order valence-corrected chi connectivity index (χ3v) is 9.88. The Balaban J connectivity index is 1.14. The van der Waals surface area contributed by atoms with E-state index >= 15 is 0 Å². The third kappa shape index (κ3) is 5.73. The van der Waals surface area contributed by atoms with Crippen molar-refractivity contribution in [2.45, 2.75) is 0 Å². The number of ether oxygens (including phenoxy) is 2. The monoisotopic (exact) mass is 742 g/mol. The van der Waals surface area contributed by atoms with E-state index in [1.165, 1.54) is 38.5 Å². The number of hydrogen-bond donors (Lipinski definition) is 2. The van der Waals surface area contributed by atoms with Gasteiger partial charge in [0, 0.05) is 11.4 Å². The summed E-state index contributed by atoms with van der Waals surface area (Å²) in [5.41, 5.74) is 17.1. The molecule has 0 spiro atoms. The summed E-state index contributed by atoms with van der Waals surface area (Å²) in [6, 6.07) is 32.9. The molecule has 6 aromatic rings. The van der Waals surface area contributed by atoms with Gasteiger partial charge in [-0.15, -0.1) is 0 Å². The number of methoxy groups -OCH3 is 2. The number of nitrogen functional groups attached to an aromatic ring is 2. The molecular formula is C44H30N4O8. The van der Waals surface area contributed by atoms with Gasteiger partial charge in [0.05, 0.1) is 59.0 Å². The molecule has 8 rings (SSSR count). The normalized spacial score (nSPS) is 13.2. The molecule has 56 heavy (non-hydrogen) atoms. The van der Waals surface area contributed by atoms with E-state index in [1.54, 1.807) is 97.1 Å². The lowest BCUT2D eigenvalue weighted by Gasteiger charge is -2.20. The van der Waals surface area contributed by atoms with Gasteiger partial charge in [-0.3, -0.25) is 19.2 Å². The fraction of sp³-hybridized carbons (Fsp3) is 0.0455. The number of rotatable bonds is 7. The van der Waals surface area contributed by atoms with Crippen LogP contribution < -0.4 is 21.3 Å². The zero-order valence-electron chi connectivity index (χ0n) is 29.9. The largest absolute Gasteiger partial charge is 0.465 e. The Hall–Kier alpha value is -7.86. The number of benzene rings is 6. The first-order valence-corrected chi connectivity index (χ1v) is 17.2. The van der Waals surface area contributed by atoms with Crippen molar-refractivity contribution in [3.8, 4) is 33.4 Å². The van der Waals surface area contributed by atoms with Gasteiger partial charge in [0.1, 0.15) is 0 Å². The average molecular weight is 743 g/mol. The molecule has 6 aromatic carbocycles. The topological polar surface area (TPSA) is 179 Å². The SMILES string of the molecule is COC(=O)c1cc(-c2ccc(N3C(=O)c4ccc(-c5ccc(N)cc5)cc4C3=O)c(C(=O)OC)c2)ccc1N1C(=O)c2ccc(-c3ccc(N)cc3)cc2C1=O. The summed E-state index contributed by atoms with van der Waals surface area (Å²) >= 11 is 0. The van der Waals surface area contributed by atoms with E-state index in [4.69, 9.17) is 20.9 Å². The van der Waals surface area contributed by atoms with Gasteiger partial charge >= 0.3 is 11.9 Å². The van der Waals surface area contributed by atoms with Crippen LogP contribution in [-0.4, -0.2) is 49.8 Å². The quantitative estimate of drug-likeness (QED) is 0.0980. The van der Waals surface area contributed by atoms with Gasteiger partial charge in [-0.05, 0) is 106 Å². The lowest BCUT2D eigenvalue weighted by molar-refractivity contribution is 0.0592. The van der Waals surface area contributed by atoms with Crippen molar-refractivity contribution in [2.75, 3.05) is 35.5 Å². The Morgan fingerprint density at radius 3 is 1.07 bits per heavy atom. The van der Waals surface area contributed by atoms with Crippen LogP contribution in [0.25, 0.3) is 33.4 Å². The van der Waals surface area contributed by atoms with E-state index in [0.29, 0.717) is 33.6 Å². The molecule has 0 unspecified atom stereocenters. The number of esters is 2. The van der Waals surface area contributed by atoms with E-state index in [2.05, 4.69) is 0 Å². The highest BCUT2D eigenvalue weighted by atomic mass is 16.5. The summed E-state index contributed by atoms with van der Waals surface area (Å²) in [6.07, 6.45) is 0. The maximum absolute atomic E-state index is 13.8. The summed E-state index contributed by atoms with van der Waals surface area (Å²) in [5.74, 6) is -4.14. The zero-order valence-corrected chi connectivity index (χ0v) is 29.9. The maximum atomic E-state index is 13.8. The smallest absolute Gasteiger partial charge is 0.340 e. The zero-order chi connectivity index (χ0) is 39.4. The summed E-state index contributed by atoms with van der Waals surface area (Å²) < 4.78 is 10.1. The highest BCUT2D eigenvalue weighted by Crippen LogP contribution is 2.39. The third-order valence-electron chi connectivity index (χ3n) is 9.88. The van der Waals surface area contributed by atoms with Gasteiger partial charge in [0.25, 0.3) is 23.6 Å². The molecule has 0 radical (unpaired) electrons. The number of nitrogens with two attached hydrogens (primary N) is 2. The van der Waals surface area contributed by atoms with E-state index < -0.39 is 35.6 Å². The molecule has 2 aliphatic rings. The second-order valence-corrected chi connectivity index (χ2v) is 13.1. The number of imide groups is 2. The summed E-state index contributed by atoms with van der Waals surface area (Å²) in [7, 11) is 2.34. The minimum atomic E-state index is -0.824. The standard InChI is InChI=1S/C44H30N4O8/c1-55-43(53)35-21-27(9-17-37(35)47-39(49)31-15-7-25(19-33(31)41(47)51)23-3-11-29(45)12-4-23)28-10-18-38(36(22-28)44(54)56-2)48-40(50)32-16-8-26(20-34(32)42(48)52)24-5-13-30(46)14-6-24/h3-22H,45-46H2,1-2H3. The lowest BCUT2D eigenvalue weighted by Crippen LogP contribution is -2.31. The average Bonchev–Trinajstić information content (AvgIpc) is 3.62. The van der Waals surface area contributed by atoms with Crippen LogP contribution in [0.4, 0.5) is 22.7 Å². The van der Waals surface area contributed by atoms with E-state index in [-0.39, 0.29) is 44.8 Å². The van der Waals surface area contributed by atoms with E-state index in [9.17, 15) is 28.8 Å². The van der Waals surface area contributed by atoms with Crippen LogP contribution in [0.2, 0.25) is 0 Å². The first kappa shape index (κ1) is 35.2. The van der Waals surface area contributed by atoms with Crippen LogP contribution in [0.15, 0.2) is 121 Å². The summed E-state index contributed by atoms with van der Waals surface area (Å²) in [5, 5.41) is 0. The molecule has 0 saturated heterocycles.